The van der Waals surface area contributed by atoms with Crippen LogP contribution in [0, 0.1) is 45.3 Å². The maximum atomic E-state index is 15.7. The van der Waals surface area contributed by atoms with Crippen molar-refractivity contribution in [1.82, 2.24) is 0 Å². The molecule has 0 fully saturated rings. The summed E-state index contributed by atoms with van der Waals surface area (Å²) in [5.41, 5.74) is -6.28. The Morgan fingerprint density at radius 3 is 0.891 bits per heavy atom. The van der Waals surface area contributed by atoms with Gasteiger partial charge in [0.25, 0.3) is 0 Å². The fourth-order valence-electron chi connectivity index (χ4n) is 11.2. The molecule has 0 saturated carbocycles. The molecule has 18 nitrogen and oxygen atoms in total. The summed E-state index contributed by atoms with van der Waals surface area (Å²) >= 11 is 1.81. The smallest absolute Gasteiger partial charge is 0.367 e. The second-order valence-corrected chi connectivity index (χ2v) is 23.4. The third-order valence-corrected chi connectivity index (χ3v) is 17.9. The Morgan fingerprint density at radius 1 is 0.380 bits per heavy atom. The number of hydrogen-bond acceptors (Lipinski definition) is 20. The highest BCUT2D eigenvalue weighted by Gasteiger charge is 2.62. The Morgan fingerprint density at radius 2 is 0.641 bits per heavy atom. The van der Waals surface area contributed by atoms with E-state index in [-0.39, 0.29) is 109 Å². The molecule has 9 aromatic rings. The average Bonchev–Trinajstić information content (AvgIpc) is 1.13. The SMILES string of the molecule is N#Cc1cc2c(cc1C#N)C(=O)C(=Cc1cc3c(s1)-c1cc4c(cc1C(C(=O)OCc1ccccc1)(C(=O)OCc1ccccc1)O3)-c1sc(C=C3C(=O)c5cc(C#N)c(C#N)cc5C3=O)cc1OC4(C(=O)OCc1ccccc1)C(=O)OCc1ccccc1)C2=O. The summed E-state index contributed by atoms with van der Waals surface area (Å²) in [6.07, 6.45) is 2.51. The molecule has 0 radical (unpaired) electrons. The van der Waals surface area contributed by atoms with Crippen molar-refractivity contribution in [3.8, 4) is 56.7 Å². The number of hydrogen-bond donors (Lipinski definition) is 0. The normalized spacial score (nSPS) is 13.9. The van der Waals surface area contributed by atoms with Gasteiger partial charge in [0.05, 0.1) is 43.2 Å². The van der Waals surface area contributed by atoms with E-state index in [4.69, 9.17) is 28.4 Å². The molecule has 2 aliphatic carbocycles. The van der Waals surface area contributed by atoms with Gasteiger partial charge in [-0.2, -0.15) is 21.0 Å². The number of carbonyl (C=O) groups is 8. The molecule has 2 aromatic heterocycles. The van der Waals surface area contributed by atoms with Crippen LogP contribution in [0.25, 0.3) is 33.0 Å². The van der Waals surface area contributed by atoms with Crippen molar-refractivity contribution in [1.29, 1.82) is 21.0 Å². The summed E-state index contributed by atoms with van der Waals surface area (Å²) in [7, 11) is 0. The molecular weight excluding hydrogens is 1210 g/mol. The monoisotopic (exact) mass is 1250 g/mol. The average molecular weight is 1250 g/mol. The summed E-state index contributed by atoms with van der Waals surface area (Å²) < 4.78 is 37.9. The van der Waals surface area contributed by atoms with Crippen LogP contribution in [0.3, 0.4) is 0 Å². The van der Waals surface area contributed by atoms with E-state index in [1.165, 1.54) is 60.7 Å². The zero-order chi connectivity index (χ0) is 64.0. The van der Waals surface area contributed by atoms with E-state index in [2.05, 4.69) is 0 Å². The standard InChI is InChI=1S/C72H38N4O14S2/c73-31-43-21-49-50(22-44(43)32-74)62(78)55(61(49)77)25-47-27-59-65(91-47)53-30-58-54(29-57(53)71(89-59,67(81)85-35-39-13-5-1-6-14-39)68(82)86-36-40-15-7-2-8-16-40)66-60(28-48(92-66)26-56-63(79)51-23-45(33-75)46(34-76)24-52(51)64(56)80)90-72(58,69(83)87-37-41-17-9-3-10-18-41)70(84)88-38-42-19-11-4-12-20-42/h1-30H,35-38H2. The van der Waals surface area contributed by atoms with Crippen LogP contribution in [0.2, 0.25) is 0 Å². The molecule has 92 heavy (non-hydrogen) atoms. The quantitative estimate of drug-likeness (QED) is 0.0321. The predicted octanol–water partition coefficient (Wildman–Crippen LogP) is 11.7. The van der Waals surface area contributed by atoms with E-state index in [9.17, 15) is 40.2 Å². The van der Waals surface area contributed by atoms with Gasteiger partial charge in [0.2, 0.25) is 0 Å². The minimum absolute atomic E-state index is 0.0620. The van der Waals surface area contributed by atoms with Gasteiger partial charge in [0, 0.05) is 54.3 Å². The van der Waals surface area contributed by atoms with Crippen LogP contribution >= 0.6 is 22.7 Å². The molecule has 0 saturated heterocycles. The molecule has 4 heterocycles. The number of esters is 4. The predicted molar refractivity (Wildman–Crippen MR) is 328 cm³/mol. The highest BCUT2D eigenvalue weighted by molar-refractivity contribution is 7.17. The molecule has 0 amide bonds. The molecule has 2 aliphatic heterocycles. The lowest BCUT2D eigenvalue weighted by Crippen LogP contribution is -2.54. The number of rotatable bonds is 14. The van der Waals surface area contributed by atoms with Crippen molar-refractivity contribution in [2.75, 3.05) is 0 Å². The van der Waals surface area contributed by atoms with Gasteiger partial charge in [-0.15, -0.1) is 22.7 Å². The number of thiophene rings is 2. The summed E-state index contributed by atoms with van der Waals surface area (Å²) in [6, 6.07) is 51.7. The Hall–Kier alpha value is -12.5. The zero-order valence-electron chi connectivity index (χ0n) is 47.5. The van der Waals surface area contributed by atoms with Gasteiger partial charge >= 0.3 is 35.1 Å². The Bertz CT molecular complexity index is 4450. The number of nitrogens with zero attached hydrogens (tertiary/aromatic N) is 4. The molecule has 4 aliphatic rings. The number of carbonyl (C=O) groups excluding carboxylic acids is 8. The van der Waals surface area contributed by atoms with Crippen LogP contribution < -0.4 is 9.47 Å². The highest BCUT2D eigenvalue weighted by Crippen LogP contribution is 2.58. The van der Waals surface area contributed by atoms with Crippen LogP contribution in [-0.2, 0) is 75.8 Å². The molecule has 20 heteroatoms. The summed E-state index contributed by atoms with van der Waals surface area (Å²) in [5, 5.41) is 39.3. The number of benzene rings is 7. The van der Waals surface area contributed by atoms with Crippen LogP contribution in [0.1, 0.15) is 107 Å². The van der Waals surface area contributed by atoms with E-state index in [1.807, 2.05) is 24.3 Å². The molecule has 0 N–H and O–H groups in total. The first kappa shape index (κ1) is 58.6. The largest absolute Gasteiger partial charge is 0.458 e. The Balaban J connectivity index is 1.05. The van der Waals surface area contributed by atoms with Crippen molar-refractivity contribution in [3.63, 3.8) is 0 Å². The Kier molecular flexibility index (Phi) is 15.0. The highest BCUT2D eigenvalue weighted by atomic mass is 32.1. The molecule has 7 aromatic carbocycles. The fraction of sp³-hybridized carbons (Fsp3) is 0.0833. The van der Waals surface area contributed by atoms with Gasteiger partial charge in [0.1, 0.15) is 62.2 Å². The minimum Gasteiger partial charge on any atom is -0.458 e. The number of fused-ring (bicyclic) bond motifs is 8. The van der Waals surface area contributed by atoms with Gasteiger partial charge in [0.15, 0.2) is 23.1 Å². The molecule has 0 unspecified atom stereocenters. The van der Waals surface area contributed by atoms with Crippen molar-refractivity contribution in [2.45, 2.75) is 37.6 Å². The van der Waals surface area contributed by atoms with Gasteiger partial charge < -0.3 is 28.4 Å². The minimum atomic E-state index is -2.95. The number of Topliss-reactive ketones (excluding diaryl/α,β-unsaturated/α-hetero) is 4. The second kappa shape index (κ2) is 23.6. The maximum Gasteiger partial charge on any atom is 0.367 e. The molecule has 0 bridgehead atoms. The van der Waals surface area contributed by atoms with Crippen molar-refractivity contribution < 1.29 is 66.8 Å². The number of nitriles is 4. The first-order valence-electron chi connectivity index (χ1n) is 28.0. The van der Waals surface area contributed by atoms with Crippen LogP contribution in [0.4, 0.5) is 0 Å². The number of ether oxygens (including phenoxy) is 6. The fourth-order valence-corrected chi connectivity index (χ4v) is 13.3. The van der Waals surface area contributed by atoms with Crippen molar-refractivity contribution >= 4 is 81.8 Å². The van der Waals surface area contributed by atoms with E-state index >= 15 is 19.2 Å². The third kappa shape index (κ3) is 9.96. The first-order valence-corrected chi connectivity index (χ1v) is 29.6. The van der Waals surface area contributed by atoms with Crippen LogP contribution in [0.15, 0.2) is 181 Å². The summed E-state index contributed by atoms with van der Waals surface area (Å²) in [5.74, 6) is -8.69. The lowest BCUT2D eigenvalue weighted by molar-refractivity contribution is -0.185. The van der Waals surface area contributed by atoms with E-state index in [1.54, 1.807) is 121 Å². The second-order valence-electron chi connectivity index (χ2n) is 21.2. The van der Waals surface area contributed by atoms with Crippen molar-refractivity contribution in [3.05, 3.63) is 269 Å². The lowest BCUT2D eigenvalue weighted by Gasteiger charge is -2.39. The van der Waals surface area contributed by atoms with Gasteiger partial charge in [-0.3, -0.25) is 19.2 Å². The third-order valence-electron chi connectivity index (χ3n) is 15.7. The molecular formula is C72H38N4O14S2. The number of ketones is 4. The lowest BCUT2D eigenvalue weighted by atomic mass is 9.78. The van der Waals surface area contributed by atoms with Crippen molar-refractivity contribution in [2.24, 2.45) is 0 Å². The van der Waals surface area contributed by atoms with E-state index < -0.39 is 84.6 Å². The van der Waals surface area contributed by atoms with Crippen LogP contribution in [-0.4, -0.2) is 47.0 Å². The first-order chi connectivity index (χ1) is 44.7. The molecule has 0 atom stereocenters. The van der Waals surface area contributed by atoms with Crippen LogP contribution in [0.5, 0.6) is 11.5 Å². The van der Waals surface area contributed by atoms with E-state index in [0.717, 1.165) is 22.7 Å². The maximum absolute atomic E-state index is 15.7. The van der Waals surface area contributed by atoms with Gasteiger partial charge in [-0.1, -0.05) is 121 Å². The molecule has 442 valence electrons. The van der Waals surface area contributed by atoms with Gasteiger partial charge in [-0.25, -0.2) is 19.2 Å². The number of allylic oxidation sites excluding steroid dienone is 2. The zero-order valence-corrected chi connectivity index (χ0v) is 49.1. The summed E-state index contributed by atoms with van der Waals surface area (Å²) in [6.45, 7) is -1.62. The summed E-state index contributed by atoms with van der Waals surface area (Å²) in [4.78, 5) is 120. The molecule has 0 spiro atoms. The van der Waals surface area contributed by atoms with Gasteiger partial charge in [-0.05, 0) is 82.9 Å². The topological polar surface area (TPSA) is 287 Å². The Labute approximate surface area is 529 Å². The molecule has 13 rings (SSSR count). The van der Waals surface area contributed by atoms with E-state index in [0.29, 0.717) is 22.3 Å².